The van der Waals surface area contributed by atoms with E-state index in [1.165, 1.54) is 0 Å². The maximum atomic E-state index is 12.6. The number of hydrogen-bond donors (Lipinski definition) is 1. The Morgan fingerprint density at radius 1 is 1.30 bits per heavy atom. The molecule has 0 radical (unpaired) electrons. The molecule has 6 nitrogen and oxygen atoms in total. The summed E-state index contributed by atoms with van der Waals surface area (Å²) in [6.07, 6.45) is 3.09. The summed E-state index contributed by atoms with van der Waals surface area (Å²) in [7, 11) is 0. The van der Waals surface area contributed by atoms with Crippen molar-refractivity contribution >= 4 is 11.8 Å². The Kier molecular flexibility index (Phi) is 6.65. The Bertz CT molecular complexity index is 493. The second kappa shape index (κ2) is 8.72. The molecule has 0 unspecified atom stereocenters. The van der Waals surface area contributed by atoms with Crippen molar-refractivity contribution in [2.24, 2.45) is 5.92 Å². The smallest absolute Gasteiger partial charge is 0.245 e. The van der Waals surface area contributed by atoms with E-state index < -0.39 is 6.04 Å². The fourth-order valence-corrected chi connectivity index (χ4v) is 2.66. The molecule has 1 saturated heterocycles. The molecule has 0 bridgehead atoms. The van der Waals surface area contributed by atoms with Gasteiger partial charge >= 0.3 is 0 Å². The highest BCUT2D eigenvalue weighted by Crippen LogP contribution is 2.11. The number of morpholine rings is 1. The summed E-state index contributed by atoms with van der Waals surface area (Å²) in [6.45, 7) is 6.41. The molecule has 2 rings (SSSR count). The fourth-order valence-electron chi connectivity index (χ4n) is 2.66. The van der Waals surface area contributed by atoms with Crippen LogP contribution in [-0.4, -0.2) is 49.1 Å². The van der Waals surface area contributed by atoms with E-state index in [-0.39, 0.29) is 11.8 Å². The summed E-state index contributed by atoms with van der Waals surface area (Å²) in [6, 6.07) is 3.19. The largest absolute Gasteiger partial charge is 0.469 e. The number of nitrogens with one attached hydrogen (secondary N) is 1. The quantitative estimate of drug-likeness (QED) is 0.828. The highest BCUT2D eigenvalue weighted by Gasteiger charge is 2.27. The molecule has 1 N–H and O–H groups in total. The number of amides is 2. The minimum Gasteiger partial charge on any atom is -0.469 e. The van der Waals surface area contributed by atoms with Gasteiger partial charge in [0.2, 0.25) is 11.8 Å². The molecule has 2 heterocycles. The molecular weight excluding hydrogens is 296 g/mol. The summed E-state index contributed by atoms with van der Waals surface area (Å²) in [5.41, 5.74) is 0. The summed E-state index contributed by atoms with van der Waals surface area (Å²) in [5, 5.41) is 2.90. The molecule has 1 aliphatic rings. The van der Waals surface area contributed by atoms with Gasteiger partial charge in [0.15, 0.2) is 0 Å². The highest BCUT2D eigenvalue weighted by molar-refractivity contribution is 5.87. The minimum absolute atomic E-state index is 0.00616. The van der Waals surface area contributed by atoms with Crippen LogP contribution in [0.2, 0.25) is 0 Å². The minimum atomic E-state index is -0.461. The molecule has 6 heteroatoms. The van der Waals surface area contributed by atoms with Gasteiger partial charge in [-0.1, -0.05) is 13.8 Å². The van der Waals surface area contributed by atoms with Crippen LogP contribution in [0.15, 0.2) is 22.8 Å². The maximum Gasteiger partial charge on any atom is 0.245 e. The first-order chi connectivity index (χ1) is 11.1. The van der Waals surface area contributed by atoms with E-state index in [4.69, 9.17) is 9.15 Å². The van der Waals surface area contributed by atoms with Gasteiger partial charge in [-0.15, -0.1) is 0 Å². The van der Waals surface area contributed by atoms with Crippen molar-refractivity contribution in [3.05, 3.63) is 24.2 Å². The van der Waals surface area contributed by atoms with Gasteiger partial charge in [0, 0.05) is 25.9 Å². The lowest BCUT2D eigenvalue weighted by molar-refractivity contribution is -0.140. The number of nitrogens with zero attached hydrogens (tertiary/aromatic N) is 1. The predicted octanol–water partition coefficient (Wildman–Crippen LogP) is 1.60. The Hall–Kier alpha value is -1.82. The van der Waals surface area contributed by atoms with E-state index in [1.54, 1.807) is 17.2 Å². The second-order valence-corrected chi connectivity index (χ2v) is 6.27. The molecule has 2 amide bonds. The highest BCUT2D eigenvalue weighted by atomic mass is 16.5. The molecule has 1 fully saturated rings. The van der Waals surface area contributed by atoms with E-state index in [0.717, 1.165) is 5.76 Å². The molecule has 0 spiro atoms. The normalized spacial score (nSPS) is 16.4. The van der Waals surface area contributed by atoms with Crippen LogP contribution < -0.4 is 5.32 Å². The topological polar surface area (TPSA) is 71.8 Å². The molecule has 1 aromatic rings. The lowest BCUT2D eigenvalue weighted by Gasteiger charge is -2.31. The van der Waals surface area contributed by atoms with Gasteiger partial charge in [0.05, 0.1) is 19.5 Å². The van der Waals surface area contributed by atoms with Gasteiger partial charge in [-0.25, -0.2) is 0 Å². The summed E-state index contributed by atoms with van der Waals surface area (Å²) < 4.78 is 10.5. The van der Waals surface area contributed by atoms with Crippen molar-refractivity contribution in [2.45, 2.75) is 39.2 Å². The fraction of sp³-hybridized carbons (Fsp3) is 0.647. The van der Waals surface area contributed by atoms with Gasteiger partial charge in [0.1, 0.15) is 11.8 Å². The monoisotopic (exact) mass is 322 g/mol. The van der Waals surface area contributed by atoms with E-state index in [0.29, 0.717) is 51.5 Å². The van der Waals surface area contributed by atoms with Gasteiger partial charge in [-0.3, -0.25) is 9.59 Å². The van der Waals surface area contributed by atoms with E-state index >= 15 is 0 Å². The molecule has 0 aliphatic carbocycles. The van der Waals surface area contributed by atoms with Crippen LogP contribution >= 0.6 is 0 Å². The van der Waals surface area contributed by atoms with Crippen LogP contribution in [0.25, 0.3) is 0 Å². The van der Waals surface area contributed by atoms with Gasteiger partial charge in [-0.2, -0.15) is 0 Å². The van der Waals surface area contributed by atoms with Gasteiger partial charge in [0.25, 0.3) is 0 Å². The Balaban J connectivity index is 1.88. The zero-order valence-electron chi connectivity index (χ0n) is 13.9. The van der Waals surface area contributed by atoms with Crippen molar-refractivity contribution in [3.63, 3.8) is 0 Å². The summed E-state index contributed by atoms with van der Waals surface area (Å²) >= 11 is 0. The van der Waals surface area contributed by atoms with Crippen LogP contribution in [0.1, 0.15) is 32.4 Å². The number of hydrogen-bond acceptors (Lipinski definition) is 4. The zero-order chi connectivity index (χ0) is 16.7. The Morgan fingerprint density at radius 3 is 2.65 bits per heavy atom. The first-order valence-corrected chi connectivity index (χ1v) is 8.24. The number of carbonyl (C=O) groups is 2. The first-order valence-electron chi connectivity index (χ1n) is 8.24. The van der Waals surface area contributed by atoms with E-state index in [1.807, 2.05) is 6.07 Å². The predicted molar refractivity (Wildman–Crippen MR) is 85.8 cm³/mol. The molecule has 128 valence electrons. The average molecular weight is 322 g/mol. The third kappa shape index (κ3) is 5.71. The van der Waals surface area contributed by atoms with E-state index in [2.05, 4.69) is 19.2 Å². The number of aryl methyl sites for hydroxylation is 1. The van der Waals surface area contributed by atoms with Crippen LogP contribution in [-0.2, 0) is 20.7 Å². The third-order valence-corrected chi connectivity index (χ3v) is 3.84. The standard InChI is InChI=1S/C17H26N2O4/c1-13(2)12-15(17(21)19-7-10-22-11-8-19)18-16(20)6-5-14-4-3-9-23-14/h3-4,9,13,15H,5-8,10-12H2,1-2H3,(H,18,20)/t15-/m1/s1. The number of furan rings is 1. The lowest BCUT2D eigenvalue weighted by Crippen LogP contribution is -2.52. The Morgan fingerprint density at radius 2 is 2.04 bits per heavy atom. The lowest BCUT2D eigenvalue weighted by atomic mass is 10.0. The van der Waals surface area contributed by atoms with Crippen molar-refractivity contribution in [1.29, 1.82) is 0 Å². The van der Waals surface area contributed by atoms with Gasteiger partial charge in [-0.05, 0) is 24.5 Å². The summed E-state index contributed by atoms with van der Waals surface area (Å²) in [4.78, 5) is 26.6. The van der Waals surface area contributed by atoms with Gasteiger partial charge < -0.3 is 19.4 Å². The molecule has 0 aromatic carbocycles. The molecule has 23 heavy (non-hydrogen) atoms. The molecule has 1 aliphatic heterocycles. The van der Waals surface area contributed by atoms with Crippen LogP contribution in [0.5, 0.6) is 0 Å². The molecule has 0 saturated carbocycles. The molecule has 1 atom stereocenters. The SMILES string of the molecule is CC(C)C[C@@H](NC(=O)CCc1ccco1)C(=O)N1CCOCC1. The van der Waals surface area contributed by atoms with Crippen LogP contribution in [0.4, 0.5) is 0 Å². The molecule has 1 aromatic heterocycles. The third-order valence-electron chi connectivity index (χ3n) is 3.84. The number of carbonyl (C=O) groups excluding carboxylic acids is 2. The maximum absolute atomic E-state index is 12.6. The van der Waals surface area contributed by atoms with Crippen LogP contribution in [0, 0.1) is 5.92 Å². The zero-order valence-corrected chi connectivity index (χ0v) is 13.9. The first kappa shape index (κ1) is 17.5. The average Bonchev–Trinajstić information content (AvgIpc) is 3.05. The van der Waals surface area contributed by atoms with Crippen molar-refractivity contribution in [3.8, 4) is 0 Å². The van der Waals surface area contributed by atoms with Crippen LogP contribution in [0.3, 0.4) is 0 Å². The van der Waals surface area contributed by atoms with E-state index in [9.17, 15) is 9.59 Å². The van der Waals surface area contributed by atoms with Crippen molar-refractivity contribution in [1.82, 2.24) is 10.2 Å². The second-order valence-electron chi connectivity index (χ2n) is 6.27. The van der Waals surface area contributed by atoms with Crippen molar-refractivity contribution in [2.75, 3.05) is 26.3 Å². The Labute approximate surface area is 137 Å². The number of ether oxygens (including phenoxy) is 1. The van der Waals surface area contributed by atoms with Crippen molar-refractivity contribution < 1.29 is 18.7 Å². The number of rotatable bonds is 7. The summed E-state index contributed by atoms with van der Waals surface area (Å²) in [5.74, 6) is 0.984. The molecular formula is C17H26N2O4.